The first kappa shape index (κ1) is 23.0. The second-order valence-corrected chi connectivity index (χ2v) is 9.09. The molecular weight excluding hydrogens is 482 g/mol. The van der Waals surface area contributed by atoms with Gasteiger partial charge in [0, 0.05) is 41.6 Å². The molecule has 1 amide bonds. The smallest absolute Gasteiger partial charge is 0.254 e. The number of benzene rings is 1. The predicted molar refractivity (Wildman–Crippen MR) is 128 cm³/mol. The van der Waals surface area contributed by atoms with E-state index >= 15 is 0 Å². The van der Waals surface area contributed by atoms with E-state index in [2.05, 4.69) is 42.6 Å². The SMILES string of the molecule is CCOc1cc(C(C)N2CCc3c(Br)cc(Cn4cc(C)nc4C)cc3C2=O)ncc1C#N. The van der Waals surface area contributed by atoms with Crippen LogP contribution >= 0.6 is 15.9 Å². The van der Waals surface area contributed by atoms with E-state index in [9.17, 15) is 10.1 Å². The van der Waals surface area contributed by atoms with Gasteiger partial charge in [-0.2, -0.15) is 5.26 Å². The van der Waals surface area contributed by atoms with E-state index in [-0.39, 0.29) is 11.9 Å². The second-order valence-electron chi connectivity index (χ2n) is 8.24. The molecule has 7 nitrogen and oxygen atoms in total. The Morgan fingerprint density at radius 1 is 1.30 bits per heavy atom. The van der Waals surface area contributed by atoms with E-state index in [1.165, 1.54) is 6.20 Å². The Hall–Kier alpha value is -3.18. The number of carbonyl (C=O) groups is 1. The number of amides is 1. The molecule has 0 saturated heterocycles. The first-order valence-electron chi connectivity index (χ1n) is 11.0. The molecule has 1 aliphatic heterocycles. The van der Waals surface area contributed by atoms with Crippen LogP contribution in [-0.2, 0) is 13.0 Å². The van der Waals surface area contributed by atoms with Gasteiger partial charge in [-0.15, -0.1) is 0 Å². The first-order valence-corrected chi connectivity index (χ1v) is 11.8. The molecule has 0 fully saturated rings. The molecule has 0 radical (unpaired) electrons. The highest BCUT2D eigenvalue weighted by Gasteiger charge is 2.31. The Morgan fingerprint density at radius 3 is 2.76 bits per heavy atom. The normalized spacial score (nSPS) is 14.1. The minimum Gasteiger partial charge on any atom is -0.492 e. The number of ether oxygens (including phenoxy) is 1. The van der Waals surface area contributed by atoms with Crippen molar-refractivity contribution >= 4 is 21.8 Å². The zero-order valence-corrected chi connectivity index (χ0v) is 20.8. The number of pyridine rings is 1. The third-order valence-corrected chi connectivity index (χ3v) is 6.71. The lowest BCUT2D eigenvalue weighted by Crippen LogP contribution is -2.40. The number of fused-ring (bicyclic) bond motifs is 1. The number of nitriles is 1. The Labute approximate surface area is 202 Å². The number of rotatable bonds is 6. The summed E-state index contributed by atoms with van der Waals surface area (Å²) in [6, 6.07) is 7.71. The summed E-state index contributed by atoms with van der Waals surface area (Å²) in [7, 11) is 0. The number of nitrogens with zero attached hydrogens (tertiary/aromatic N) is 5. The number of carbonyl (C=O) groups excluding carboxylic acids is 1. The molecule has 1 atom stereocenters. The topological polar surface area (TPSA) is 84.0 Å². The zero-order chi connectivity index (χ0) is 23.7. The maximum Gasteiger partial charge on any atom is 0.254 e. The minimum atomic E-state index is -0.251. The first-order chi connectivity index (χ1) is 15.8. The van der Waals surface area contributed by atoms with E-state index in [0.717, 1.165) is 33.5 Å². The highest BCUT2D eigenvalue weighted by Crippen LogP contribution is 2.33. The van der Waals surface area contributed by atoms with Gasteiger partial charge in [0.1, 0.15) is 23.2 Å². The molecule has 3 aromatic rings. The Morgan fingerprint density at radius 2 is 2.09 bits per heavy atom. The fourth-order valence-electron chi connectivity index (χ4n) is 4.31. The second kappa shape index (κ2) is 9.36. The van der Waals surface area contributed by atoms with Crippen molar-refractivity contribution < 1.29 is 9.53 Å². The van der Waals surface area contributed by atoms with Crippen LogP contribution in [0, 0.1) is 25.2 Å². The van der Waals surface area contributed by atoms with Crippen molar-refractivity contribution in [2.45, 2.75) is 46.7 Å². The third-order valence-electron chi connectivity index (χ3n) is 6.00. The molecule has 4 rings (SSSR count). The highest BCUT2D eigenvalue weighted by molar-refractivity contribution is 9.10. The number of halogens is 1. The van der Waals surface area contributed by atoms with Gasteiger partial charge in [-0.05, 0) is 57.4 Å². The van der Waals surface area contributed by atoms with E-state index in [0.29, 0.717) is 42.3 Å². The lowest BCUT2D eigenvalue weighted by Gasteiger charge is -2.34. The van der Waals surface area contributed by atoms with Crippen molar-refractivity contribution in [3.63, 3.8) is 0 Å². The lowest BCUT2D eigenvalue weighted by atomic mass is 9.95. The lowest BCUT2D eigenvalue weighted by molar-refractivity contribution is 0.0668. The van der Waals surface area contributed by atoms with Gasteiger partial charge in [-0.3, -0.25) is 9.78 Å². The van der Waals surface area contributed by atoms with Crippen molar-refractivity contribution in [3.05, 3.63) is 74.5 Å². The van der Waals surface area contributed by atoms with Crippen LogP contribution in [0.5, 0.6) is 5.75 Å². The van der Waals surface area contributed by atoms with Gasteiger partial charge < -0.3 is 14.2 Å². The summed E-state index contributed by atoms with van der Waals surface area (Å²) < 4.78 is 8.66. The van der Waals surface area contributed by atoms with Crippen LogP contribution in [0.25, 0.3) is 0 Å². The molecule has 0 aliphatic carbocycles. The molecule has 3 heterocycles. The molecule has 33 heavy (non-hydrogen) atoms. The summed E-state index contributed by atoms with van der Waals surface area (Å²) in [6.07, 6.45) is 4.29. The molecule has 1 aliphatic rings. The van der Waals surface area contributed by atoms with Gasteiger partial charge in [0.2, 0.25) is 0 Å². The Kier molecular flexibility index (Phi) is 6.52. The molecule has 170 valence electrons. The molecule has 0 spiro atoms. The maximum atomic E-state index is 13.6. The Balaban J connectivity index is 1.64. The average molecular weight is 508 g/mol. The maximum absolute atomic E-state index is 13.6. The molecule has 0 saturated carbocycles. The molecule has 0 N–H and O–H groups in total. The van der Waals surface area contributed by atoms with E-state index in [1.54, 1.807) is 6.07 Å². The fraction of sp³-hybridized carbons (Fsp3) is 0.360. The van der Waals surface area contributed by atoms with Gasteiger partial charge in [-0.1, -0.05) is 15.9 Å². The molecule has 1 unspecified atom stereocenters. The standard InChI is InChI=1S/C25H26BrN5O2/c1-5-33-24-10-23(28-12-19(24)11-27)16(3)31-7-6-20-21(25(31)32)8-18(9-22(20)26)14-30-13-15(2)29-17(30)4/h8-10,12-13,16H,5-7,14H2,1-4H3. The van der Waals surface area contributed by atoms with Gasteiger partial charge in [0.05, 0.1) is 24.0 Å². The molecule has 0 bridgehead atoms. The summed E-state index contributed by atoms with van der Waals surface area (Å²) in [5.74, 6) is 1.42. The van der Waals surface area contributed by atoms with E-state index in [1.807, 2.05) is 44.9 Å². The summed E-state index contributed by atoms with van der Waals surface area (Å²) in [6.45, 7) is 9.49. The summed E-state index contributed by atoms with van der Waals surface area (Å²) in [4.78, 5) is 24.3. The fourth-order valence-corrected chi connectivity index (χ4v) is 5.02. The predicted octanol–water partition coefficient (Wildman–Crippen LogP) is 4.74. The van der Waals surface area contributed by atoms with Crippen molar-refractivity contribution in [1.29, 1.82) is 5.26 Å². The molecular formula is C25H26BrN5O2. The van der Waals surface area contributed by atoms with Crippen LogP contribution in [0.1, 0.15) is 64.1 Å². The summed E-state index contributed by atoms with van der Waals surface area (Å²) in [5.41, 5.74) is 4.86. The van der Waals surface area contributed by atoms with Crippen molar-refractivity contribution in [2.75, 3.05) is 13.2 Å². The number of aryl methyl sites for hydroxylation is 2. The number of hydrogen-bond donors (Lipinski definition) is 0. The van der Waals surface area contributed by atoms with E-state index in [4.69, 9.17) is 4.74 Å². The van der Waals surface area contributed by atoms with Crippen molar-refractivity contribution in [3.8, 4) is 11.8 Å². The van der Waals surface area contributed by atoms with Crippen LogP contribution in [0.2, 0.25) is 0 Å². The summed E-state index contributed by atoms with van der Waals surface area (Å²) in [5, 5.41) is 9.31. The van der Waals surface area contributed by atoms with Crippen LogP contribution < -0.4 is 4.74 Å². The third kappa shape index (κ3) is 4.51. The van der Waals surface area contributed by atoms with Crippen LogP contribution in [-0.4, -0.2) is 38.5 Å². The zero-order valence-electron chi connectivity index (χ0n) is 19.2. The van der Waals surface area contributed by atoms with Crippen molar-refractivity contribution in [2.24, 2.45) is 0 Å². The van der Waals surface area contributed by atoms with Crippen LogP contribution in [0.15, 0.2) is 35.1 Å². The average Bonchev–Trinajstić information content (AvgIpc) is 3.10. The highest BCUT2D eigenvalue weighted by atomic mass is 79.9. The molecule has 1 aromatic carbocycles. The monoisotopic (exact) mass is 507 g/mol. The largest absolute Gasteiger partial charge is 0.492 e. The van der Waals surface area contributed by atoms with Gasteiger partial charge in [0.15, 0.2) is 0 Å². The van der Waals surface area contributed by atoms with Gasteiger partial charge >= 0.3 is 0 Å². The van der Waals surface area contributed by atoms with Gasteiger partial charge in [-0.25, -0.2) is 4.98 Å². The molecule has 2 aromatic heterocycles. The number of aromatic nitrogens is 3. The van der Waals surface area contributed by atoms with E-state index < -0.39 is 0 Å². The van der Waals surface area contributed by atoms with Crippen LogP contribution in [0.3, 0.4) is 0 Å². The van der Waals surface area contributed by atoms with Gasteiger partial charge in [0.25, 0.3) is 5.91 Å². The quantitative estimate of drug-likeness (QED) is 0.481. The number of imidazole rings is 1. The Bertz CT molecular complexity index is 1260. The summed E-state index contributed by atoms with van der Waals surface area (Å²) >= 11 is 3.69. The van der Waals surface area contributed by atoms with Crippen LogP contribution in [0.4, 0.5) is 0 Å². The number of hydrogen-bond acceptors (Lipinski definition) is 5. The van der Waals surface area contributed by atoms with Crippen molar-refractivity contribution in [1.82, 2.24) is 19.4 Å². The molecule has 8 heteroatoms. The minimum absolute atomic E-state index is 0.0195.